The lowest BCUT2D eigenvalue weighted by Gasteiger charge is -2.35. The molecule has 0 atom stereocenters. The maximum Gasteiger partial charge on any atom is 0.339 e. The minimum absolute atomic E-state index is 0.0893. The number of nitrogens with one attached hydrogen (secondary N) is 1. The molecule has 1 aliphatic rings. The third-order valence-corrected chi connectivity index (χ3v) is 5.76. The highest BCUT2D eigenvalue weighted by atomic mass is 16.5. The van der Waals surface area contributed by atoms with Gasteiger partial charge in [0.1, 0.15) is 16.9 Å². The fourth-order valence-corrected chi connectivity index (χ4v) is 4.09. The number of esters is 1. The second kappa shape index (κ2) is 8.68. The third-order valence-electron chi connectivity index (χ3n) is 5.76. The van der Waals surface area contributed by atoms with Gasteiger partial charge in [0.05, 0.1) is 14.2 Å². The molecular formula is C22H27NO6. The molecule has 156 valence electrons. The highest BCUT2D eigenvalue weighted by Crippen LogP contribution is 2.30. The van der Waals surface area contributed by atoms with Crippen LogP contribution >= 0.6 is 0 Å². The Balaban J connectivity index is 1.76. The molecule has 29 heavy (non-hydrogen) atoms. The Labute approximate surface area is 169 Å². The highest BCUT2D eigenvalue weighted by Gasteiger charge is 2.41. The van der Waals surface area contributed by atoms with E-state index in [9.17, 15) is 14.4 Å². The number of ether oxygens (including phenoxy) is 2. The number of carbonyl (C=O) groups excluding carboxylic acids is 2. The van der Waals surface area contributed by atoms with Gasteiger partial charge in [0, 0.05) is 23.4 Å². The van der Waals surface area contributed by atoms with Gasteiger partial charge in [-0.15, -0.1) is 0 Å². The molecule has 1 heterocycles. The molecular weight excluding hydrogens is 374 g/mol. The van der Waals surface area contributed by atoms with E-state index in [2.05, 4.69) is 5.32 Å². The summed E-state index contributed by atoms with van der Waals surface area (Å²) in [5, 5.41) is 3.69. The van der Waals surface area contributed by atoms with Gasteiger partial charge >= 0.3 is 11.6 Å². The van der Waals surface area contributed by atoms with Crippen LogP contribution in [-0.4, -0.2) is 31.6 Å². The summed E-state index contributed by atoms with van der Waals surface area (Å²) >= 11 is 0. The summed E-state index contributed by atoms with van der Waals surface area (Å²) in [6.07, 6.45) is 4.25. The van der Waals surface area contributed by atoms with Gasteiger partial charge < -0.3 is 19.2 Å². The van der Waals surface area contributed by atoms with E-state index in [-0.39, 0.29) is 18.7 Å². The third kappa shape index (κ3) is 4.28. The predicted molar refractivity (Wildman–Crippen MR) is 108 cm³/mol. The van der Waals surface area contributed by atoms with Crippen molar-refractivity contribution in [3.8, 4) is 5.75 Å². The van der Waals surface area contributed by atoms with Gasteiger partial charge in [0.25, 0.3) is 0 Å². The quantitative estimate of drug-likeness (QED) is 0.591. The Morgan fingerprint density at radius 2 is 1.90 bits per heavy atom. The number of hydrogen-bond donors (Lipinski definition) is 1. The molecule has 1 aromatic heterocycles. The molecule has 1 amide bonds. The first-order chi connectivity index (χ1) is 13.9. The first-order valence-electron chi connectivity index (χ1n) is 9.90. The van der Waals surface area contributed by atoms with Crippen LogP contribution in [-0.2, 0) is 20.7 Å². The van der Waals surface area contributed by atoms with Crippen LogP contribution < -0.4 is 15.7 Å². The van der Waals surface area contributed by atoms with Gasteiger partial charge in [-0.1, -0.05) is 19.3 Å². The molecule has 0 saturated heterocycles. The van der Waals surface area contributed by atoms with E-state index in [0.717, 1.165) is 30.2 Å². The summed E-state index contributed by atoms with van der Waals surface area (Å²) in [6, 6.07) is 5.31. The summed E-state index contributed by atoms with van der Waals surface area (Å²) in [5.74, 6) is -0.0698. The van der Waals surface area contributed by atoms with Crippen molar-refractivity contribution in [1.29, 1.82) is 0 Å². The Bertz CT molecular complexity index is 971. The standard InChI is InChI=1S/C22H27NO6/c1-14-16-8-7-15(27-2)13-18(16)29-20(25)17(14)9-10-19(24)23-22(21(26)28-3)11-5-4-6-12-22/h7-8,13H,4-6,9-12H2,1-3H3,(H,23,24). The van der Waals surface area contributed by atoms with Crippen molar-refractivity contribution in [3.05, 3.63) is 39.7 Å². The molecule has 7 nitrogen and oxygen atoms in total. The zero-order valence-corrected chi connectivity index (χ0v) is 17.1. The SMILES string of the molecule is COC(=O)C1(NC(=O)CCc2c(C)c3ccc(OC)cc3oc2=O)CCCCC1. The van der Waals surface area contributed by atoms with Crippen molar-refractivity contribution in [2.24, 2.45) is 0 Å². The van der Waals surface area contributed by atoms with Crippen molar-refractivity contribution < 1.29 is 23.5 Å². The van der Waals surface area contributed by atoms with Crippen LogP contribution in [0.15, 0.2) is 27.4 Å². The summed E-state index contributed by atoms with van der Waals surface area (Å²) in [4.78, 5) is 37.4. The number of hydrogen-bond acceptors (Lipinski definition) is 6. The van der Waals surface area contributed by atoms with Crippen LogP contribution in [0.4, 0.5) is 0 Å². The van der Waals surface area contributed by atoms with Crippen molar-refractivity contribution in [1.82, 2.24) is 5.32 Å². The number of carbonyl (C=O) groups is 2. The number of rotatable bonds is 6. The van der Waals surface area contributed by atoms with Crippen molar-refractivity contribution in [2.45, 2.75) is 57.4 Å². The second-order valence-corrected chi connectivity index (χ2v) is 7.54. The Morgan fingerprint density at radius 1 is 1.17 bits per heavy atom. The molecule has 3 rings (SSSR count). The molecule has 1 saturated carbocycles. The van der Waals surface area contributed by atoms with E-state index in [4.69, 9.17) is 13.9 Å². The van der Waals surface area contributed by atoms with Gasteiger partial charge in [-0.3, -0.25) is 4.79 Å². The van der Waals surface area contributed by atoms with Crippen LogP contribution in [0.1, 0.15) is 49.7 Å². The van der Waals surface area contributed by atoms with Crippen molar-refractivity contribution in [2.75, 3.05) is 14.2 Å². The van der Waals surface area contributed by atoms with Crippen LogP contribution in [0, 0.1) is 6.92 Å². The highest BCUT2D eigenvalue weighted by molar-refractivity contribution is 5.88. The molecule has 1 N–H and O–H groups in total. The lowest BCUT2D eigenvalue weighted by molar-refractivity contribution is -0.152. The van der Waals surface area contributed by atoms with E-state index in [1.54, 1.807) is 19.2 Å². The maximum absolute atomic E-state index is 12.6. The van der Waals surface area contributed by atoms with Crippen LogP contribution in [0.3, 0.4) is 0 Å². The van der Waals surface area contributed by atoms with Gasteiger partial charge in [0.15, 0.2) is 0 Å². The summed E-state index contributed by atoms with van der Waals surface area (Å²) in [5.41, 5.74) is 0.285. The lowest BCUT2D eigenvalue weighted by Crippen LogP contribution is -2.56. The van der Waals surface area contributed by atoms with Crippen LogP contribution in [0.5, 0.6) is 5.75 Å². The Kier molecular flexibility index (Phi) is 6.25. The van der Waals surface area contributed by atoms with Crippen LogP contribution in [0.25, 0.3) is 11.0 Å². The summed E-state index contributed by atoms with van der Waals surface area (Å²) in [6.45, 7) is 1.84. The molecule has 1 fully saturated rings. The Hall–Kier alpha value is -2.83. The monoisotopic (exact) mass is 401 g/mol. The number of aryl methyl sites for hydroxylation is 1. The van der Waals surface area contributed by atoms with Gasteiger partial charge in [-0.05, 0) is 43.9 Å². The first kappa shape index (κ1) is 20.9. The normalized spacial score (nSPS) is 15.7. The minimum atomic E-state index is -0.955. The number of amides is 1. The van der Waals surface area contributed by atoms with E-state index < -0.39 is 17.1 Å². The molecule has 7 heteroatoms. The molecule has 0 radical (unpaired) electrons. The van der Waals surface area contributed by atoms with Gasteiger partial charge in [-0.25, -0.2) is 9.59 Å². The van der Waals surface area contributed by atoms with Crippen LogP contribution in [0.2, 0.25) is 0 Å². The molecule has 0 aliphatic heterocycles. The average Bonchev–Trinajstić information content (AvgIpc) is 2.73. The fraction of sp³-hybridized carbons (Fsp3) is 0.500. The molecule has 1 aliphatic carbocycles. The smallest absolute Gasteiger partial charge is 0.339 e. The first-order valence-corrected chi connectivity index (χ1v) is 9.90. The predicted octanol–water partition coefficient (Wildman–Crippen LogP) is 3.03. The molecule has 1 aromatic carbocycles. The van der Waals surface area contributed by atoms with E-state index in [0.29, 0.717) is 29.7 Å². The fourth-order valence-electron chi connectivity index (χ4n) is 4.09. The van der Waals surface area contributed by atoms with E-state index in [1.165, 1.54) is 7.11 Å². The number of methoxy groups -OCH3 is 2. The molecule has 0 bridgehead atoms. The summed E-state index contributed by atoms with van der Waals surface area (Å²) < 4.78 is 15.5. The molecule has 0 spiro atoms. The van der Waals surface area contributed by atoms with E-state index >= 15 is 0 Å². The van der Waals surface area contributed by atoms with Gasteiger partial charge in [0.2, 0.25) is 5.91 Å². The van der Waals surface area contributed by atoms with Crippen molar-refractivity contribution >= 4 is 22.8 Å². The summed E-state index contributed by atoms with van der Waals surface area (Å²) in [7, 11) is 2.88. The zero-order chi connectivity index (χ0) is 21.0. The average molecular weight is 401 g/mol. The maximum atomic E-state index is 12.6. The molecule has 0 unspecified atom stereocenters. The van der Waals surface area contributed by atoms with Gasteiger partial charge in [-0.2, -0.15) is 0 Å². The van der Waals surface area contributed by atoms with E-state index in [1.807, 2.05) is 13.0 Å². The number of fused-ring (bicyclic) bond motifs is 1. The zero-order valence-electron chi connectivity index (χ0n) is 17.1. The number of benzene rings is 1. The topological polar surface area (TPSA) is 94.8 Å². The molecule has 2 aromatic rings. The minimum Gasteiger partial charge on any atom is -0.497 e. The second-order valence-electron chi connectivity index (χ2n) is 7.54. The Morgan fingerprint density at radius 3 is 2.55 bits per heavy atom. The lowest BCUT2D eigenvalue weighted by atomic mass is 9.81. The van der Waals surface area contributed by atoms with Crippen molar-refractivity contribution in [3.63, 3.8) is 0 Å². The largest absolute Gasteiger partial charge is 0.497 e.